The summed E-state index contributed by atoms with van der Waals surface area (Å²) in [5.41, 5.74) is 8.07. The Morgan fingerprint density at radius 1 is 0.838 bits per heavy atom. The van der Waals surface area contributed by atoms with Gasteiger partial charge in [0.25, 0.3) is 0 Å². The van der Waals surface area contributed by atoms with Crippen LogP contribution in [0.2, 0.25) is 0 Å². The molecule has 4 heterocycles. The van der Waals surface area contributed by atoms with Crippen molar-refractivity contribution in [3.05, 3.63) is 102 Å². The molecule has 1 N–H and O–H groups in total. The maximum absolute atomic E-state index is 10.4. The topological polar surface area (TPSA) is 62.1 Å². The van der Waals surface area contributed by atoms with Gasteiger partial charge in [-0.3, -0.25) is 9.88 Å². The molecule has 5 aromatic rings. The molecular formula is C32H30N4O. The molecule has 0 unspecified atom stereocenters. The SMILES string of the molecule is CC(C)(C)c1ccnc(N2c3ccccc3C(C)(C)c3ccc(-c4ccc5cncc(O)c5n4)cc32)c1. The van der Waals surface area contributed by atoms with Gasteiger partial charge in [0.05, 0.1) is 23.3 Å². The van der Waals surface area contributed by atoms with E-state index in [9.17, 15) is 5.11 Å². The molecule has 184 valence electrons. The highest BCUT2D eigenvalue weighted by Gasteiger charge is 2.37. The summed E-state index contributed by atoms with van der Waals surface area (Å²) in [5, 5.41) is 11.2. The fourth-order valence-corrected chi connectivity index (χ4v) is 5.32. The normalized spacial score (nSPS) is 14.4. The van der Waals surface area contributed by atoms with Crippen molar-refractivity contribution in [2.75, 3.05) is 4.90 Å². The Labute approximate surface area is 217 Å². The fourth-order valence-electron chi connectivity index (χ4n) is 5.32. The second-order valence-electron chi connectivity index (χ2n) is 11.3. The summed E-state index contributed by atoms with van der Waals surface area (Å²) in [6.45, 7) is 11.2. The van der Waals surface area contributed by atoms with Gasteiger partial charge >= 0.3 is 0 Å². The largest absolute Gasteiger partial charge is 0.504 e. The van der Waals surface area contributed by atoms with Gasteiger partial charge in [-0.2, -0.15) is 0 Å². The number of pyridine rings is 3. The second kappa shape index (κ2) is 8.13. The zero-order valence-corrected chi connectivity index (χ0v) is 21.8. The van der Waals surface area contributed by atoms with Gasteiger partial charge in [-0.15, -0.1) is 0 Å². The summed E-state index contributed by atoms with van der Waals surface area (Å²) < 4.78 is 0. The van der Waals surface area contributed by atoms with E-state index >= 15 is 0 Å². The van der Waals surface area contributed by atoms with E-state index in [4.69, 9.17) is 9.97 Å². The second-order valence-corrected chi connectivity index (χ2v) is 11.3. The molecule has 1 aliphatic rings. The third-order valence-electron chi connectivity index (χ3n) is 7.45. The Morgan fingerprint density at radius 3 is 2.43 bits per heavy atom. The molecule has 0 aliphatic carbocycles. The van der Waals surface area contributed by atoms with E-state index in [1.54, 1.807) is 6.20 Å². The van der Waals surface area contributed by atoms with Gasteiger partial charge in [-0.1, -0.05) is 65.0 Å². The van der Waals surface area contributed by atoms with Crippen molar-refractivity contribution in [2.24, 2.45) is 0 Å². The molecule has 0 bridgehead atoms. The lowest BCUT2D eigenvalue weighted by Gasteiger charge is -2.42. The standard InChI is InChI=1S/C32H30N4O/c1-31(2,3)22-14-15-34-29(17-22)36-26-9-7-6-8-23(26)32(4,5)24-12-10-20(16-27(24)36)25-13-11-21-18-33-19-28(37)30(21)35-25/h6-19,37H,1-5H3. The first-order valence-electron chi connectivity index (χ1n) is 12.6. The maximum Gasteiger partial charge on any atom is 0.160 e. The molecule has 0 amide bonds. The predicted molar refractivity (Wildman–Crippen MR) is 150 cm³/mol. The average molecular weight is 487 g/mol. The van der Waals surface area contributed by atoms with E-state index in [1.807, 2.05) is 18.3 Å². The number of hydrogen-bond donors (Lipinski definition) is 1. The molecule has 0 atom stereocenters. The summed E-state index contributed by atoms with van der Waals surface area (Å²) in [6.07, 6.45) is 5.05. The zero-order chi connectivity index (χ0) is 25.9. The maximum atomic E-state index is 10.4. The van der Waals surface area contributed by atoms with Crippen LogP contribution in [-0.4, -0.2) is 20.1 Å². The van der Waals surface area contributed by atoms with Crippen LogP contribution in [0.1, 0.15) is 51.3 Å². The number of nitrogens with zero attached hydrogens (tertiary/aromatic N) is 4. The lowest BCUT2D eigenvalue weighted by Crippen LogP contribution is -2.31. The van der Waals surface area contributed by atoms with Crippen molar-refractivity contribution in [1.82, 2.24) is 15.0 Å². The van der Waals surface area contributed by atoms with Crippen molar-refractivity contribution in [1.29, 1.82) is 0 Å². The van der Waals surface area contributed by atoms with Crippen molar-refractivity contribution in [2.45, 2.75) is 45.4 Å². The van der Waals surface area contributed by atoms with Gasteiger partial charge in [0.2, 0.25) is 0 Å². The van der Waals surface area contributed by atoms with Crippen molar-refractivity contribution < 1.29 is 5.11 Å². The van der Waals surface area contributed by atoms with Gasteiger partial charge in [0.15, 0.2) is 5.75 Å². The van der Waals surface area contributed by atoms with E-state index in [0.717, 1.165) is 33.8 Å². The number of benzene rings is 2. The lowest BCUT2D eigenvalue weighted by atomic mass is 9.73. The van der Waals surface area contributed by atoms with Crippen molar-refractivity contribution >= 4 is 28.1 Å². The number of hydrogen-bond acceptors (Lipinski definition) is 5. The third kappa shape index (κ3) is 3.73. The van der Waals surface area contributed by atoms with Crippen LogP contribution in [0.3, 0.4) is 0 Å². The van der Waals surface area contributed by atoms with E-state index in [0.29, 0.717) is 5.52 Å². The summed E-state index contributed by atoms with van der Waals surface area (Å²) >= 11 is 0. The number of aromatic hydroxyl groups is 1. The predicted octanol–water partition coefficient (Wildman–Crippen LogP) is 7.80. The highest BCUT2D eigenvalue weighted by Crippen LogP contribution is 2.52. The summed E-state index contributed by atoms with van der Waals surface area (Å²) in [7, 11) is 0. The van der Waals surface area contributed by atoms with Gasteiger partial charge in [0.1, 0.15) is 11.3 Å². The van der Waals surface area contributed by atoms with E-state index in [-0.39, 0.29) is 16.6 Å². The number of aromatic nitrogens is 3. The van der Waals surface area contributed by atoms with E-state index in [1.165, 1.54) is 22.9 Å². The summed E-state index contributed by atoms with van der Waals surface area (Å²) in [5.74, 6) is 0.973. The molecule has 0 saturated carbocycles. The molecule has 0 radical (unpaired) electrons. The van der Waals surface area contributed by atoms with Crippen molar-refractivity contribution in [3.8, 4) is 17.0 Å². The molecule has 0 spiro atoms. The minimum absolute atomic E-state index is 0.00280. The average Bonchev–Trinajstić information content (AvgIpc) is 2.88. The minimum atomic E-state index is -0.191. The van der Waals surface area contributed by atoms with Gasteiger partial charge in [0, 0.05) is 28.8 Å². The van der Waals surface area contributed by atoms with E-state index in [2.05, 4.69) is 99.1 Å². The molecule has 6 rings (SSSR count). The van der Waals surface area contributed by atoms with Crippen LogP contribution in [0, 0.1) is 0 Å². The molecular weight excluding hydrogens is 456 g/mol. The molecule has 2 aromatic carbocycles. The Kier molecular flexibility index (Phi) is 5.09. The van der Waals surface area contributed by atoms with Gasteiger partial charge in [-0.25, -0.2) is 9.97 Å². The first-order valence-corrected chi connectivity index (χ1v) is 12.6. The first kappa shape index (κ1) is 23.2. The molecule has 5 nitrogen and oxygen atoms in total. The van der Waals surface area contributed by atoms with Crippen molar-refractivity contribution in [3.63, 3.8) is 0 Å². The smallest absolute Gasteiger partial charge is 0.160 e. The minimum Gasteiger partial charge on any atom is -0.504 e. The van der Waals surface area contributed by atoms with Crippen LogP contribution < -0.4 is 4.90 Å². The Balaban J connectivity index is 1.59. The van der Waals surface area contributed by atoms with Crippen LogP contribution in [0.5, 0.6) is 5.75 Å². The summed E-state index contributed by atoms with van der Waals surface area (Å²) in [4.78, 5) is 16.0. The Morgan fingerprint density at radius 2 is 1.62 bits per heavy atom. The summed E-state index contributed by atoms with van der Waals surface area (Å²) in [6, 6.07) is 23.4. The number of rotatable bonds is 2. The fraction of sp³-hybridized carbons (Fsp3) is 0.219. The molecule has 1 aliphatic heterocycles. The zero-order valence-electron chi connectivity index (χ0n) is 21.8. The van der Waals surface area contributed by atoms with Crippen LogP contribution in [-0.2, 0) is 10.8 Å². The van der Waals surface area contributed by atoms with Gasteiger partial charge < -0.3 is 5.11 Å². The Hall–Kier alpha value is -4.25. The highest BCUT2D eigenvalue weighted by molar-refractivity contribution is 5.89. The molecule has 0 saturated heterocycles. The van der Waals surface area contributed by atoms with Crippen LogP contribution >= 0.6 is 0 Å². The highest BCUT2D eigenvalue weighted by atomic mass is 16.3. The molecule has 0 fully saturated rings. The van der Waals surface area contributed by atoms with E-state index < -0.39 is 0 Å². The first-order chi connectivity index (χ1) is 17.6. The number of anilines is 3. The quantitative estimate of drug-likeness (QED) is 0.276. The third-order valence-corrected chi connectivity index (χ3v) is 7.45. The van der Waals surface area contributed by atoms with Crippen LogP contribution in [0.25, 0.3) is 22.2 Å². The molecule has 5 heteroatoms. The number of fused-ring (bicyclic) bond motifs is 3. The molecule has 3 aromatic heterocycles. The van der Waals surface area contributed by atoms with Gasteiger partial charge in [-0.05, 0) is 58.5 Å². The number of para-hydroxylation sites is 1. The Bertz CT molecular complexity index is 1670. The van der Waals surface area contributed by atoms with Crippen LogP contribution in [0.4, 0.5) is 17.2 Å². The van der Waals surface area contributed by atoms with Crippen LogP contribution in [0.15, 0.2) is 85.3 Å². The lowest BCUT2D eigenvalue weighted by molar-refractivity contribution is 0.478. The molecule has 37 heavy (non-hydrogen) atoms. The monoisotopic (exact) mass is 486 g/mol.